The van der Waals surface area contributed by atoms with Crippen molar-refractivity contribution in [2.45, 2.75) is 20.0 Å². The minimum Gasteiger partial charge on any atom is -0.372 e. The molecular formula is C9H19NO2S. The fourth-order valence-corrected chi connectivity index (χ4v) is 1.56. The predicted octanol–water partition coefficient (Wildman–Crippen LogP) is 1.14. The maximum Gasteiger partial charge on any atom is 0.248 e. The molecule has 2 atom stereocenters. The van der Waals surface area contributed by atoms with Crippen molar-refractivity contribution in [1.82, 2.24) is 5.32 Å². The second kappa shape index (κ2) is 7.21. The van der Waals surface area contributed by atoms with Gasteiger partial charge in [0.2, 0.25) is 5.91 Å². The summed E-state index contributed by atoms with van der Waals surface area (Å²) in [4.78, 5) is 11.2. The van der Waals surface area contributed by atoms with Crippen molar-refractivity contribution in [3.8, 4) is 0 Å². The Hall–Kier alpha value is -0.220. The van der Waals surface area contributed by atoms with Crippen molar-refractivity contribution in [2.75, 3.05) is 25.7 Å². The van der Waals surface area contributed by atoms with Gasteiger partial charge in [-0.2, -0.15) is 11.8 Å². The van der Waals surface area contributed by atoms with E-state index in [1.165, 1.54) is 7.11 Å². The van der Waals surface area contributed by atoms with E-state index >= 15 is 0 Å². The fourth-order valence-electron chi connectivity index (χ4n) is 0.869. The summed E-state index contributed by atoms with van der Waals surface area (Å²) in [5.74, 6) is 1.56. The smallest absolute Gasteiger partial charge is 0.248 e. The first-order chi connectivity index (χ1) is 6.11. The lowest BCUT2D eigenvalue weighted by Crippen LogP contribution is -2.36. The van der Waals surface area contributed by atoms with Gasteiger partial charge < -0.3 is 10.1 Å². The maximum absolute atomic E-state index is 11.2. The highest BCUT2D eigenvalue weighted by Crippen LogP contribution is 2.02. The van der Waals surface area contributed by atoms with E-state index in [1.807, 2.05) is 0 Å². The first-order valence-electron chi connectivity index (χ1n) is 4.41. The molecule has 1 N–H and O–H groups in total. The van der Waals surface area contributed by atoms with Crippen LogP contribution in [0.15, 0.2) is 0 Å². The molecule has 0 aliphatic carbocycles. The molecule has 13 heavy (non-hydrogen) atoms. The lowest BCUT2D eigenvalue weighted by atomic mass is 10.2. The van der Waals surface area contributed by atoms with Crippen LogP contribution >= 0.6 is 11.8 Å². The van der Waals surface area contributed by atoms with E-state index in [0.717, 1.165) is 12.3 Å². The predicted molar refractivity (Wildman–Crippen MR) is 57.0 cm³/mol. The molecule has 3 nitrogen and oxygen atoms in total. The third-order valence-corrected chi connectivity index (χ3v) is 2.70. The minimum absolute atomic E-state index is 0.0320. The Morgan fingerprint density at radius 3 is 2.62 bits per heavy atom. The Bertz CT molecular complexity index is 153. The average molecular weight is 205 g/mol. The van der Waals surface area contributed by atoms with Crippen molar-refractivity contribution < 1.29 is 9.53 Å². The summed E-state index contributed by atoms with van der Waals surface area (Å²) in [6.07, 6.45) is 1.72. The van der Waals surface area contributed by atoms with Gasteiger partial charge >= 0.3 is 0 Å². The van der Waals surface area contributed by atoms with E-state index in [9.17, 15) is 4.79 Å². The minimum atomic E-state index is -0.346. The van der Waals surface area contributed by atoms with Crippen molar-refractivity contribution in [1.29, 1.82) is 0 Å². The number of thioether (sulfide) groups is 1. The Labute approximate surface area is 84.6 Å². The van der Waals surface area contributed by atoms with E-state index in [-0.39, 0.29) is 12.0 Å². The van der Waals surface area contributed by atoms with Crippen LogP contribution in [-0.2, 0) is 9.53 Å². The second-order valence-electron chi connectivity index (χ2n) is 3.18. The van der Waals surface area contributed by atoms with Crippen LogP contribution in [0.5, 0.6) is 0 Å². The van der Waals surface area contributed by atoms with Gasteiger partial charge in [0.25, 0.3) is 0 Å². The molecule has 0 aromatic carbocycles. The molecule has 0 fully saturated rings. The van der Waals surface area contributed by atoms with Crippen LogP contribution in [0, 0.1) is 5.92 Å². The molecule has 0 bridgehead atoms. The van der Waals surface area contributed by atoms with Crippen LogP contribution in [0.2, 0.25) is 0 Å². The summed E-state index contributed by atoms with van der Waals surface area (Å²) in [7, 11) is 1.54. The Morgan fingerprint density at radius 2 is 2.15 bits per heavy atom. The van der Waals surface area contributed by atoms with E-state index in [4.69, 9.17) is 4.74 Å². The lowest BCUT2D eigenvalue weighted by Gasteiger charge is -2.13. The third kappa shape index (κ3) is 5.93. The Kier molecular flexibility index (Phi) is 7.09. The van der Waals surface area contributed by atoms with Crippen LogP contribution in [0.3, 0.4) is 0 Å². The van der Waals surface area contributed by atoms with Gasteiger partial charge in [0.15, 0.2) is 0 Å². The lowest BCUT2D eigenvalue weighted by molar-refractivity contribution is -0.130. The van der Waals surface area contributed by atoms with Crippen LogP contribution in [-0.4, -0.2) is 37.7 Å². The number of amides is 1. The largest absolute Gasteiger partial charge is 0.372 e. The molecule has 0 saturated carbocycles. The summed E-state index contributed by atoms with van der Waals surface area (Å²) < 4.78 is 4.89. The van der Waals surface area contributed by atoms with E-state index in [1.54, 1.807) is 18.7 Å². The summed E-state index contributed by atoms with van der Waals surface area (Å²) >= 11 is 1.79. The summed E-state index contributed by atoms with van der Waals surface area (Å²) in [6.45, 7) is 4.59. The van der Waals surface area contributed by atoms with E-state index < -0.39 is 0 Å². The zero-order valence-electron chi connectivity index (χ0n) is 8.79. The molecule has 78 valence electrons. The van der Waals surface area contributed by atoms with Crippen LogP contribution in [0.1, 0.15) is 13.8 Å². The Morgan fingerprint density at radius 1 is 1.54 bits per heavy atom. The number of ether oxygens (including phenoxy) is 1. The zero-order valence-corrected chi connectivity index (χ0v) is 9.61. The number of carbonyl (C=O) groups is 1. The monoisotopic (exact) mass is 205 g/mol. The van der Waals surface area contributed by atoms with E-state index in [2.05, 4.69) is 18.5 Å². The molecule has 0 saturated heterocycles. The third-order valence-electron chi connectivity index (χ3n) is 1.80. The number of nitrogens with one attached hydrogen (secondary N) is 1. The molecule has 0 radical (unpaired) electrons. The molecule has 0 spiro atoms. The van der Waals surface area contributed by atoms with Crippen molar-refractivity contribution >= 4 is 17.7 Å². The molecular weight excluding hydrogens is 186 g/mol. The van der Waals surface area contributed by atoms with Crippen molar-refractivity contribution in [2.24, 2.45) is 5.92 Å². The first-order valence-corrected chi connectivity index (χ1v) is 5.80. The molecule has 1 amide bonds. The van der Waals surface area contributed by atoms with Crippen molar-refractivity contribution in [3.05, 3.63) is 0 Å². The van der Waals surface area contributed by atoms with Gasteiger partial charge in [0.1, 0.15) is 6.10 Å². The maximum atomic E-state index is 11.2. The molecule has 0 aliphatic heterocycles. The van der Waals surface area contributed by atoms with Crippen LogP contribution < -0.4 is 5.32 Å². The van der Waals surface area contributed by atoms with Crippen LogP contribution in [0.4, 0.5) is 0 Å². The van der Waals surface area contributed by atoms with Crippen LogP contribution in [0.25, 0.3) is 0 Å². The molecule has 2 unspecified atom stereocenters. The van der Waals surface area contributed by atoms with Gasteiger partial charge in [-0.1, -0.05) is 6.92 Å². The second-order valence-corrected chi connectivity index (χ2v) is 4.09. The quantitative estimate of drug-likeness (QED) is 0.706. The number of rotatable bonds is 6. The SMILES string of the molecule is COC(C)C(=O)NCC(C)CSC. The molecule has 4 heteroatoms. The standard InChI is InChI=1S/C9H19NO2S/c1-7(6-13-4)5-10-9(11)8(2)12-3/h7-8H,5-6H2,1-4H3,(H,10,11). The van der Waals surface area contributed by atoms with Crippen molar-refractivity contribution in [3.63, 3.8) is 0 Å². The fraction of sp³-hybridized carbons (Fsp3) is 0.889. The number of methoxy groups -OCH3 is 1. The van der Waals surface area contributed by atoms with Gasteiger partial charge in [-0.05, 0) is 24.9 Å². The summed E-state index contributed by atoms with van der Waals surface area (Å²) in [5, 5.41) is 2.84. The van der Waals surface area contributed by atoms with E-state index in [0.29, 0.717) is 5.92 Å². The number of hydrogen-bond acceptors (Lipinski definition) is 3. The zero-order chi connectivity index (χ0) is 10.3. The topological polar surface area (TPSA) is 38.3 Å². The molecule has 0 rings (SSSR count). The number of hydrogen-bond donors (Lipinski definition) is 1. The van der Waals surface area contributed by atoms with Gasteiger partial charge in [-0.3, -0.25) is 4.79 Å². The molecule has 0 heterocycles. The number of carbonyl (C=O) groups excluding carboxylic acids is 1. The van der Waals surface area contributed by atoms with Gasteiger partial charge in [-0.15, -0.1) is 0 Å². The Balaban J connectivity index is 3.57. The van der Waals surface area contributed by atoms with Gasteiger partial charge in [0, 0.05) is 13.7 Å². The highest BCUT2D eigenvalue weighted by Gasteiger charge is 2.11. The highest BCUT2D eigenvalue weighted by molar-refractivity contribution is 7.98. The van der Waals surface area contributed by atoms with Gasteiger partial charge in [0.05, 0.1) is 0 Å². The molecule has 0 aromatic heterocycles. The molecule has 0 aliphatic rings. The average Bonchev–Trinajstić information content (AvgIpc) is 2.13. The van der Waals surface area contributed by atoms with Gasteiger partial charge in [-0.25, -0.2) is 0 Å². The summed E-state index contributed by atoms with van der Waals surface area (Å²) in [6, 6.07) is 0. The highest BCUT2D eigenvalue weighted by atomic mass is 32.2. The normalized spacial score (nSPS) is 15.1. The summed E-state index contributed by atoms with van der Waals surface area (Å²) in [5.41, 5.74) is 0. The molecule has 0 aromatic rings. The first kappa shape index (κ1) is 12.8.